The molecule has 0 unspecified atom stereocenters. The second-order valence-electron chi connectivity index (χ2n) is 8.23. The highest BCUT2D eigenvalue weighted by molar-refractivity contribution is 7.92. The Morgan fingerprint density at radius 3 is 2.57 bits per heavy atom. The van der Waals surface area contributed by atoms with Crippen LogP contribution in [0.15, 0.2) is 53.6 Å². The first-order valence-electron chi connectivity index (χ1n) is 10.6. The summed E-state index contributed by atoms with van der Waals surface area (Å²) in [6.45, 7) is 4.75. The second kappa shape index (κ2) is 8.78. The van der Waals surface area contributed by atoms with Crippen LogP contribution in [0.1, 0.15) is 63.3 Å². The van der Waals surface area contributed by atoms with Gasteiger partial charge in [0.05, 0.1) is 34.7 Å². The van der Waals surface area contributed by atoms with E-state index in [4.69, 9.17) is 9.72 Å². The maximum atomic E-state index is 12.6. The minimum Gasteiger partial charge on any atom is -0.372 e. The highest BCUT2D eigenvalue weighted by Crippen LogP contribution is 2.27. The Labute approximate surface area is 178 Å². The maximum Gasteiger partial charge on any atom is 0.261 e. The number of sulfonamides is 1. The van der Waals surface area contributed by atoms with E-state index in [-0.39, 0.29) is 10.8 Å². The molecule has 0 aliphatic heterocycles. The summed E-state index contributed by atoms with van der Waals surface area (Å²) in [7, 11) is -3.64. The molecule has 2 heterocycles. The van der Waals surface area contributed by atoms with Crippen LogP contribution in [0.4, 0.5) is 5.69 Å². The molecule has 0 amide bonds. The van der Waals surface area contributed by atoms with Crippen molar-refractivity contribution in [2.45, 2.75) is 69.5 Å². The minimum absolute atomic E-state index is 0.234. The van der Waals surface area contributed by atoms with Crippen LogP contribution < -0.4 is 4.72 Å². The Balaban J connectivity index is 1.60. The molecule has 2 aromatic heterocycles. The first-order chi connectivity index (χ1) is 14.4. The lowest BCUT2D eigenvalue weighted by atomic mass is 9.98. The number of aromatic nitrogens is 2. The van der Waals surface area contributed by atoms with Crippen molar-refractivity contribution in [1.82, 2.24) is 9.38 Å². The SMILES string of the molecule is CC(C)c1nc2cc(NS(=O)(=O)c3ccccc3)ccn2c1COC1CCCCC1. The third-order valence-electron chi connectivity index (χ3n) is 5.62. The first kappa shape index (κ1) is 20.9. The van der Waals surface area contributed by atoms with E-state index in [0.717, 1.165) is 24.2 Å². The number of ether oxygens (including phenoxy) is 1. The first-order valence-corrected chi connectivity index (χ1v) is 12.1. The predicted octanol–water partition coefficient (Wildman–Crippen LogP) is 5.11. The summed E-state index contributed by atoms with van der Waals surface area (Å²) in [5.41, 5.74) is 3.25. The molecule has 7 heteroatoms. The molecule has 0 radical (unpaired) electrons. The Hall–Kier alpha value is -2.38. The third-order valence-corrected chi connectivity index (χ3v) is 7.01. The molecule has 3 aromatic rings. The summed E-state index contributed by atoms with van der Waals surface area (Å²) in [6.07, 6.45) is 8.21. The van der Waals surface area contributed by atoms with Crippen molar-refractivity contribution in [2.24, 2.45) is 0 Å². The predicted molar refractivity (Wildman–Crippen MR) is 118 cm³/mol. The number of nitrogens with zero attached hydrogens (tertiary/aromatic N) is 2. The summed E-state index contributed by atoms with van der Waals surface area (Å²) < 4.78 is 36.2. The zero-order valence-electron chi connectivity index (χ0n) is 17.5. The molecule has 30 heavy (non-hydrogen) atoms. The quantitative estimate of drug-likeness (QED) is 0.569. The molecule has 1 aromatic carbocycles. The number of pyridine rings is 1. The molecule has 0 spiro atoms. The van der Waals surface area contributed by atoms with Crippen molar-refractivity contribution in [3.05, 3.63) is 60.0 Å². The van der Waals surface area contributed by atoms with Gasteiger partial charge in [0.15, 0.2) is 0 Å². The lowest BCUT2D eigenvalue weighted by Gasteiger charge is -2.22. The molecule has 1 N–H and O–H groups in total. The van der Waals surface area contributed by atoms with Gasteiger partial charge in [0.1, 0.15) is 5.65 Å². The Kier molecular flexibility index (Phi) is 6.11. The largest absolute Gasteiger partial charge is 0.372 e. The average molecular weight is 428 g/mol. The summed E-state index contributed by atoms with van der Waals surface area (Å²) in [4.78, 5) is 5.02. The summed E-state index contributed by atoms with van der Waals surface area (Å²) in [5, 5.41) is 0. The highest BCUT2D eigenvalue weighted by atomic mass is 32.2. The number of hydrogen-bond donors (Lipinski definition) is 1. The lowest BCUT2D eigenvalue weighted by molar-refractivity contribution is 0.0145. The summed E-state index contributed by atoms with van der Waals surface area (Å²) in [6, 6.07) is 11.9. The second-order valence-corrected chi connectivity index (χ2v) is 9.91. The fraction of sp³-hybridized carbons (Fsp3) is 0.435. The van der Waals surface area contributed by atoms with Gasteiger partial charge in [-0.3, -0.25) is 4.72 Å². The van der Waals surface area contributed by atoms with Crippen molar-refractivity contribution in [2.75, 3.05) is 4.72 Å². The zero-order valence-corrected chi connectivity index (χ0v) is 18.4. The van der Waals surface area contributed by atoms with Gasteiger partial charge in [-0.05, 0) is 37.0 Å². The van der Waals surface area contributed by atoms with Gasteiger partial charge in [-0.1, -0.05) is 51.3 Å². The van der Waals surface area contributed by atoms with E-state index in [1.807, 2.05) is 10.6 Å². The molecule has 1 aliphatic carbocycles. The molecule has 4 rings (SSSR count). The summed E-state index contributed by atoms with van der Waals surface area (Å²) in [5.74, 6) is 0.249. The van der Waals surface area contributed by atoms with E-state index in [1.54, 1.807) is 42.5 Å². The Morgan fingerprint density at radius 1 is 1.13 bits per heavy atom. The third kappa shape index (κ3) is 4.52. The van der Waals surface area contributed by atoms with Crippen molar-refractivity contribution >= 4 is 21.4 Å². The van der Waals surface area contributed by atoms with E-state index < -0.39 is 10.0 Å². The van der Waals surface area contributed by atoms with E-state index in [2.05, 4.69) is 18.6 Å². The fourth-order valence-corrected chi connectivity index (χ4v) is 5.10. The molecule has 1 fully saturated rings. The topological polar surface area (TPSA) is 72.7 Å². The molecular formula is C23H29N3O3S. The van der Waals surface area contributed by atoms with Crippen LogP contribution >= 0.6 is 0 Å². The summed E-state index contributed by atoms with van der Waals surface area (Å²) >= 11 is 0. The highest BCUT2D eigenvalue weighted by Gasteiger charge is 2.20. The van der Waals surface area contributed by atoms with Crippen LogP contribution in [0, 0.1) is 0 Å². The fourth-order valence-electron chi connectivity index (χ4n) is 4.03. The molecular weight excluding hydrogens is 398 g/mol. The van der Waals surface area contributed by atoms with E-state index in [0.29, 0.717) is 24.0 Å². The molecule has 6 nitrogen and oxygen atoms in total. The molecule has 1 saturated carbocycles. The number of benzene rings is 1. The number of rotatable bonds is 7. The Bertz CT molecular complexity index is 1100. The zero-order chi connectivity index (χ0) is 21.1. The van der Waals surface area contributed by atoms with Gasteiger partial charge in [0.25, 0.3) is 10.0 Å². The molecule has 0 bridgehead atoms. The molecule has 0 atom stereocenters. The van der Waals surface area contributed by atoms with Crippen LogP contribution in [0.5, 0.6) is 0 Å². The van der Waals surface area contributed by atoms with Crippen LogP contribution in [0.2, 0.25) is 0 Å². The number of imidazole rings is 1. The van der Waals surface area contributed by atoms with E-state index in [1.165, 1.54) is 19.3 Å². The minimum atomic E-state index is -3.64. The van der Waals surface area contributed by atoms with Gasteiger partial charge in [-0.25, -0.2) is 13.4 Å². The Morgan fingerprint density at radius 2 is 1.87 bits per heavy atom. The van der Waals surface area contributed by atoms with Gasteiger partial charge in [0, 0.05) is 12.3 Å². The van der Waals surface area contributed by atoms with Crippen molar-refractivity contribution < 1.29 is 13.2 Å². The average Bonchev–Trinajstić information content (AvgIpc) is 3.11. The number of nitrogens with one attached hydrogen (secondary N) is 1. The molecule has 160 valence electrons. The van der Waals surface area contributed by atoms with Gasteiger partial charge < -0.3 is 9.14 Å². The van der Waals surface area contributed by atoms with Gasteiger partial charge >= 0.3 is 0 Å². The van der Waals surface area contributed by atoms with Crippen molar-refractivity contribution in [3.63, 3.8) is 0 Å². The van der Waals surface area contributed by atoms with Crippen LogP contribution in [0.25, 0.3) is 5.65 Å². The lowest BCUT2D eigenvalue weighted by Crippen LogP contribution is -2.17. The van der Waals surface area contributed by atoms with Gasteiger partial charge in [0.2, 0.25) is 0 Å². The van der Waals surface area contributed by atoms with Crippen LogP contribution in [-0.4, -0.2) is 23.9 Å². The number of hydrogen-bond acceptors (Lipinski definition) is 4. The monoisotopic (exact) mass is 427 g/mol. The van der Waals surface area contributed by atoms with E-state index in [9.17, 15) is 8.42 Å². The van der Waals surface area contributed by atoms with Crippen molar-refractivity contribution in [3.8, 4) is 0 Å². The van der Waals surface area contributed by atoms with Gasteiger partial charge in [-0.15, -0.1) is 0 Å². The normalized spacial score (nSPS) is 15.7. The smallest absolute Gasteiger partial charge is 0.261 e. The van der Waals surface area contributed by atoms with E-state index >= 15 is 0 Å². The number of anilines is 1. The standard InChI is InChI=1S/C23H29N3O3S/c1-17(2)23-21(16-29-19-9-5-3-6-10-19)26-14-13-18(15-22(26)24-23)25-30(27,28)20-11-7-4-8-12-20/h4,7-8,11-15,17,19,25H,3,5-6,9-10,16H2,1-2H3. The van der Waals surface area contributed by atoms with Crippen LogP contribution in [-0.2, 0) is 21.4 Å². The molecule has 0 saturated heterocycles. The van der Waals surface area contributed by atoms with Gasteiger partial charge in [-0.2, -0.15) is 0 Å². The maximum absolute atomic E-state index is 12.6. The number of fused-ring (bicyclic) bond motifs is 1. The van der Waals surface area contributed by atoms with Crippen LogP contribution in [0.3, 0.4) is 0 Å². The molecule has 1 aliphatic rings. The van der Waals surface area contributed by atoms with Crippen molar-refractivity contribution in [1.29, 1.82) is 0 Å².